The van der Waals surface area contributed by atoms with Crippen LogP contribution in [0.3, 0.4) is 0 Å². The molecule has 0 bridgehead atoms. The van der Waals surface area contributed by atoms with Crippen LogP contribution < -0.4 is 16.0 Å². The van der Waals surface area contributed by atoms with Gasteiger partial charge in [-0.2, -0.15) is 4.31 Å². The number of anilines is 1. The maximum absolute atomic E-state index is 12.7. The van der Waals surface area contributed by atoms with E-state index in [4.69, 9.17) is 5.73 Å². The molecule has 0 radical (unpaired) electrons. The molecule has 3 N–H and O–H groups in total. The van der Waals surface area contributed by atoms with Gasteiger partial charge in [0.25, 0.3) is 5.69 Å². The first-order valence-electron chi connectivity index (χ1n) is 8.37. The highest BCUT2D eigenvalue weighted by Crippen LogP contribution is 2.33. The van der Waals surface area contributed by atoms with Gasteiger partial charge in [-0.15, -0.1) is 0 Å². The molecule has 0 aliphatic carbocycles. The zero-order valence-electron chi connectivity index (χ0n) is 14.1. The average Bonchev–Trinajstić information content (AvgIpc) is 3.16. The van der Waals surface area contributed by atoms with E-state index in [9.17, 15) is 23.3 Å². The Kier molecular flexibility index (Phi) is 5.12. The van der Waals surface area contributed by atoms with Gasteiger partial charge in [-0.1, -0.05) is 0 Å². The normalized spacial score (nSPS) is 21.7. The number of primary amides is 1. The molecule has 1 aromatic rings. The number of hydrogen-bond donors (Lipinski definition) is 2. The van der Waals surface area contributed by atoms with Crippen LogP contribution in [0.1, 0.15) is 12.8 Å². The maximum Gasteiger partial charge on any atom is 0.293 e. The molecule has 3 rings (SSSR count). The highest BCUT2D eigenvalue weighted by molar-refractivity contribution is 7.89. The molecule has 2 fully saturated rings. The number of benzene rings is 1. The summed E-state index contributed by atoms with van der Waals surface area (Å²) in [5.41, 5.74) is 5.29. The summed E-state index contributed by atoms with van der Waals surface area (Å²) in [6, 6.07) is 3.31. The molecule has 10 nitrogen and oxygen atoms in total. The maximum atomic E-state index is 12.7. The van der Waals surface area contributed by atoms with E-state index in [0.29, 0.717) is 26.2 Å². The lowest BCUT2D eigenvalue weighted by Crippen LogP contribution is -2.56. The van der Waals surface area contributed by atoms with E-state index in [1.165, 1.54) is 16.4 Å². The molecule has 1 atom stereocenters. The molecule has 2 aliphatic rings. The smallest absolute Gasteiger partial charge is 0.293 e. The van der Waals surface area contributed by atoms with Crippen molar-refractivity contribution in [3.63, 3.8) is 0 Å². The highest BCUT2D eigenvalue weighted by atomic mass is 32.2. The Bertz CT molecular complexity index is 822. The number of rotatable bonds is 5. The number of carbonyl (C=O) groups excluding carboxylic acids is 1. The lowest BCUT2D eigenvalue weighted by molar-refractivity contribution is -0.384. The second-order valence-electron chi connectivity index (χ2n) is 6.37. The second-order valence-corrected chi connectivity index (χ2v) is 8.31. The third-order valence-electron chi connectivity index (χ3n) is 4.71. The minimum Gasteiger partial charge on any atom is -0.368 e. The van der Waals surface area contributed by atoms with Crippen molar-refractivity contribution in [2.75, 3.05) is 37.6 Å². The van der Waals surface area contributed by atoms with E-state index in [1.54, 1.807) is 4.90 Å². The molecule has 26 heavy (non-hydrogen) atoms. The fourth-order valence-corrected chi connectivity index (χ4v) is 4.85. The summed E-state index contributed by atoms with van der Waals surface area (Å²) in [6.45, 7) is 1.93. The summed E-state index contributed by atoms with van der Waals surface area (Å²) in [4.78, 5) is 23.9. The van der Waals surface area contributed by atoms with Crippen molar-refractivity contribution in [1.82, 2.24) is 9.62 Å². The molecule has 11 heteroatoms. The number of nitrogens with two attached hydrogens (primary N) is 1. The zero-order chi connectivity index (χ0) is 18.9. The molecule has 2 aliphatic heterocycles. The largest absolute Gasteiger partial charge is 0.368 e. The number of nitro benzene ring substituents is 1. The number of nitro groups is 1. The number of nitrogens with one attached hydrogen (secondary N) is 1. The Morgan fingerprint density at radius 3 is 2.58 bits per heavy atom. The van der Waals surface area contributed by atoms with Gasteiger partial charge in [-0.25, -0.2) is 8.42 Å². The lowest BCUT2D eigenvalue weighted by atomic mass is 10.1. The second kappa shape index (κ2) is 7.17. The number of piperazine rings is 1. The molecule has 2 heterocycles. The van der Waals surface area contributed by atoms with Crippen LogP contribution in [0.25, 0.3) is 0 Å². The summed E-state index contributed by atoms with van der Waals surface area (Å²) in [5, 5.41) is 14.5. The Hall–Kier alpha value is -2.24. The van der Waals surface area contributed by atoms with Crippen molar-refractivity contribution in [3.05, 3.63) is 28.3 Å². The molecular formula is C15H21N5O5S. The highest BCUT2D eigenvalue weighted by Gasteiger charge is 2.32. The van der Waals surface area contributed by atoms with Crippen molar-refractivity contribution < 1.29 is 18.1 Å². The average molecular weight is 383 g/mol. The van der Waals surface area contributed by atoms with Crippen LogP contribution in [0.2, 0.25) is 0 Å². The van der Waals surface area contributed by atoms with Gasteiger partial charge in [-0.05, 0) is 25.0 Å². The third kappa shape index (κ3) is 3.50. The van der Waals surface area contributed by atoms with E-state index < -0.39 is 26.9 Å². The lowest BCUT2D eigenvalue weighted by Gasteiger charge is -2.33. The van der Waals surface area contributed by atoms with Gasteiger partial charge < -0.3 is 16.0 Å². The van der Waals surface area contributed by atoms with Gasteiger partial charge in [0.2, 0.25) is 15.9 Å². The Morgan fingerprint density at radius 1 is 1.27 bits per heavy atom. The minimum absolute atomic E-state index is 0.0866. The standard InChI is InChI=1S/C15H21N5O5S/c16-15(21)12-10-18(8-5-17-12)13-4-3-11(9-14(13)20(22)23)26(24,25)19-6-1-2-7-19/h3-4,9,12,17H,1-2,5-8,10H2,(H2,16,21). The Labute approximate surface area is 151 Å². The monoisotopic (exact) mass is 383 g/mol. The molecule has 1 unspecified atom stereocenters. The molecular weight excluding hydrogens is 362 g/mol. The van der Waals surface area contributed by atoms with Gasteiger partial charge in [0.1, 0.15) is 11.7 Å². The summed E-state index contributed by atoms with van der Waals surface area (Å²) in [6.07, 6.45) is 1.57. The van der Waals surface area contributed by atoms with Crippen molar-refractivity contribution in [2.24, 2.45) is 5.73 Å². The van der Waals surface area contributed by atoms with E-state index in [1.807, 2.05) is 0 Å². The summed E-state index contributed by atoms with van der Waals surface area (Å²) < 4.78 is 26.7. The first-order valence-corrected chi connectivity index (χ1v) is 9.81. The molecule has 0 spiro atoms. The number of sulfonamides is 1. The van der Waals surface area contributed by atoms with Crippen LogP contribution in [0.5, 0.6) is 0 Å². The van der Waals surface area contributed by atoms with Crippen molar-refractivity contribution >= 4 is 27.3 Å². The van der Waals surface area contributed by atoms with Gasteiger partial charge >= 0.3 is 0 Å². The predicted octanol–water partition coefficient (Wildman–Crippen LogP) is -0.357. The van der Waals surface area contributed by atoms with E-state index in [-0.39, 0.29) is 22.8 Å². The number of hydrogen-bond acceptors (Lipinski definition) is 7. The Balaban J connectivity index is 1.95. The predicted molar refractivity (Wildman–Crippen MR) is 94.3 cm³/mol. The topological polar surface area (TPSA) is 139 Å². The first-order chi connectivity index (χ1) is 12.3. The van der Waals surface area contributed by atoms with Gasteiger partial charge in [0.15, 0.2) is 0 Å². The fraction of sp³-hybridized carbons (Fsp3) is 0.533. The van der Waals surface area contributed by atoms with Crippen molar-refractivity contribution in [1.29, 1.82) is 0 Å². The summed E-state index contributed by atoms with van der Waals surface area (Å²) in [5.74, 6) is -0.536. The van der Waals surface area contributed by atoms with Crippen LogP contribution in [-0.2, 0) is 14.8 Å². The molecule has 142 valence electrons. The van der Waals surface area contributed by atoms with Gasteiger partial charge in [0, 0.05) is 38.8 Å². The van der Waals surface area contributed by atoms with E-state index in [2.05, 4.69) is 5.32 Å². The molecule has 0 saturated carbocycles. The van der Waals surface area contributed by atoms with Gasteiger partial charge in [0.05, 0.1) is 9.82 Å². The SMILES string of the molecule is NC(=O)C1CN(c2ccc(S(=O)(=O)N3CCCC3)cc2[N+](=O)[O-])CCN1. The zero-order valence-corrected chi connectivity index (χ0v) is 14.9. The summed E-state index contributed by atoms with van der Waals surface area (Å²) >= 11 is 0. The number of carbonyl (C=O) groups is 1. The van der Waals surface area contributed by atoms with Crippen LogP contribution in [0.15, 0.2) is 23.1 Å². The molecule has 2 saturated heterocycles. The van der Waals surface area contributed by atoms with E-state index >= 15 is 0 Å². The van der Waals surface area contributed by atoms with E-state index in [0.717, 1.165) is 18.9 Å². The summed E-state index contributed by atoms with van der Waals surface area (Å²) in [7, 11) is -3.74. The Morgan fingerprint density at radius 2 is 1.96 bits per heavy atom. The minimum atomic E-state index is -3.74. The van der Waals surface area contributed by atoms with Crippen molar-refractivity contribution in [2.45, 2.75) is 23.8 Å². The third-order valence-corrected chi connectivity index (χ3v) is 6.60. The fourth-order valence-electron chi connectivity index (χ4n) is 3.31. The van der Waals surface area contributed by atoms with Crippen LogP contribution in [-0.4, -0.2) is 62.3 Å². The number of amides is 1. The van der Waals surface area contributed by atoms with Crippen LogP contribution in [0.4, 0.5) is 11.4 Å². The van der Waals surface area contributed by atoms with Crippen molar-refractivity contribution in [3.8, 4) is 0 Å². The number of nitrogens with zero attached hydrogens (tertiary/aromatic N) is 3. The van der Waals surface area contributed by atoms with Gasteiger partial charge in [-0.3, -0.25) is 14.9 Å². The molecule has 1 aromatic carbocycles. The van der Waals surface area contributed by atoms with Crippen LogP contribution >= 0.6 is 0 Å². The quantitative estimate of drug-likeness (QED) is 0.523. The molecule has 0 aromatic heterocycles. The first kappa shape index (κ1) is 18.5. The van der Waals surface area contributed by atoms with Crippen LogP contribution in [0, 0.1) is 10.1 Å². The molecule has 1 amide bonds.